The van der Waals surface area contributed by atoms with Crippen LogP contribution in [0.2, 0.25) is 10.0 Å². The minimum Gasteiger partial charge on any atom is -0.478 e. The fourth-order valence-electron chi connectivity index (χ4n) is 2.65. The van der Waals surface area contributed by atoms with E-state index in [1.165, 1.54) is 11.3 Å². The van der Waals surface area contributed by atoms with Gasteiger partial charge in [0.1, 0.15) is 5.56 Å². The number of rotatable bonds is 6. The zero-order chi connectivity index (χ0) is 19.4. The van der Waals surface area contributed by atoms with Crippen molar-refractivity contribution in [3.63, 3.8) is 0 Å². The number of amides is 1. The lowest BCUT2D eigenvalue weighted by atomic mass is 10.1. The van der Waals surface area contributed by atoms with Crippen molar-refractivity contribution in [3.8, 4) is 10.4 Å². The molecule has 0 aliphatic carbocycles. The predicted octanol–water partition coefficient (Wildman–Crippen LogP) is 5.99. The fourth-order valence-corrected chi connectivity index (χ4v) is 4.24. The highest BCUT2D eigenvalue weighted by Crippen LogP contribution is 2.40. The molecule has 0 aliphatic rings. The first-order valence-corrected chi connectivity index (χ1v) is 9.73. The van der Waals surface area contributed by atoms with Crippen LogP contribution in [-0.2, 0) is 11.2 Å². The largest absolute Gasteiger partial charge is 0.478 e. The average molecular weight is 420 g/mol. The van der Waals surface area contributed by atoms with E-state index in [0.29, 0.717) is 26.9 Å². The number of carboxylic acids is 1. The third-order valence-electron chi connectivity index (χ3n) is 3.94. The van der Waals surface area contributed by atoms with Crippen molar-refractivity contribution in [3.05, 3.63) is 75.1 Å². The Bertz CT molecular complexity index is 986. The fraction of sp³-hybridized carbons (Fsp3) is 0.100. The zero-order valence-electron chi connectivity index (χ0n) is 14.0. The first-order chi connectivity index (χ1) is 13.0. The molecule has 3 aromatic rings. The quantitative estimate of drug-likeness (QED) is 0.515. The third-order valence-corrected chi connectivity index (χ3v) is 5.50. The van der Waals surface area contributed by atoms with Crippen molar-refractivity contribution in [2.24, 2.45) is 0 Å². The molecule has 27 heavy (non-hydrogen) atoms. The van der Waals surface area contributed by atoms with Gasteiger partial charge in [0, 0.05) is 22.4 Å². The number of carboxylic acid groups (broad SMARTS) is 1. The molecule has 0 fully saturated rings. The standard InChI is InChI=1S/C20H15Cl2NO3S/c21-13-7-8-14(15(22)10-13)19-18(20(25)26)16(11-27-19)23-17(24)9-6-12-4-2-1-3-5-12/h1-5,7-8,10-11H,6,9H2,(H,23,24)(H,25,26). The molecule has 0 saturated heterocycles. The van der Waals surface area contributed by atoms with Crippen molar-refractivity contribution < 1.29 is 14.7 Å². The predicted molar refractivity (Wildman–Crippen MR) is 110 cm³/mol. The van der Waals surface area contributed by atoms with Gasteiger partial charge in [-0.2, -0.15) is 0 Å². The number of carbonyl (C=O) groups excluding carboxylic acids is 1. The Labute approximate surface area is 170 Å². The van der Waals surface area contributed by atoms with Gasteiger partial charge in [-0.15, -0.1) is 11.3 Å². The zero-order valence-corrected chi connectivity index (χ0v) is 16.4. The molecule has 138 valence electrons. The smallest absolute Gasteiger partial charge is 0.339 e. The molecule has 0 saturated carbocycles. The molecule has 0 spiro atoms. The van der Waals surface area contributed by atoms with E-state index >= 15 is 0 Å². The SMILES string of the molecule is O=C(CCc1ccccc1)Nc1csc(-c2ccc(Cl)cc2Cl)c1C(=O)O. The van der Waals surface area contributed by atoms with Crippen LogP contribution in [0.15, 0.2) is 53.9 Å². The van der Waals surface area contributed by atoms with Crippen LogP contribution in [0.1, 0.15) is 22.3 Å². The van der Waals surface area contributed by atoms with Gasteiger partial charge in [0.05, 0.1) is 15.6 Å². The Morgan fingerprint density at radius 1 is 1.07 bits per heavy atom. The summed E-state index contributed by atoms with van der Waals surface area (Å²) < 4.78 is 0. The molecule has 0 aliphatic heterocycles. The van der Waals surface area contributed by atoms with Crippen molar-refractivity contribution in [2.45, 2.75) is 12.8 Å². The lowest BCUT2D eigenvalue weighted by Crippen LogP contribution is -2.14. The van der Waals surface area contributed by atoms with E-state index in [1.54, 1.807) is 23.6 Å². The van der Waals surface area contributed by atoms with Gasteiger partial charge in [-0.25, -0.2) is 4.79 Å². The molecule has 2 aromatic carbocycles. The summed E-state index contributed by atoms with van der Waals surface area (Å²) in [4.78, 5) is 24.6. The molecule has 1 amide bonds. The molecular weight excluding hydrogens is 405 g/mol. The second-order valence-electron chi connectivity index (χ2n) is 5.82. The molecule has 1 heterocycles. The molecule has 4 nitrogen and oxygen atoms in total. The van der Waals surface area contributed by atoms with E-state index in [-0.39, 0.29) is 23.6 Å². The van der Waals surface area contributed by atoms with Crippen LogP contribution < -0.4 is 5.32 Å². The lowest BCUT2D eigenvalue weighted by molar-refractivity contribution is -0.116. The minimum absolute atomic E-state index is 0.0253. The monoisotopic (exact) mass is 419 g/mol. The average Bonchev–Trinajstić information content (AvgIpc) is 3.04. The number of benzene rings is 2. The summed E-state index contributed by atoms with van der Waals surface area (Å²) in [6, 6.07) is 14.5. The minimum atomic E-state index is -1.13. The van der Waals surface area contributed by atoms with E-state index in [2.05, 4.69) is 5.32 Å². The summed E-state index contributed by atoms with van der Waals surface area (Å²) in [5.74, 6) is -1.37. The number of aryl methyl sites for hydroxylation is 1. The van der Waals surface area contributed by atoms with Crippen molar-refractivity contribution in [2.75, 3.05) is 5.32 Å². The number of hydrogen-bond acceptors (Lipinski definition) is 3. The molecule has 0 bridgehead atoms. The van der Waals surface area contributed by atoms with Gasteiger partial charge in [-0.05, 0) is 24.1 Å². The van der Waals surface area contributed by atoms with Crippen LogP contribution in [0.4, 0.5) is 5.69 Å². The summed E-state index contributed by atoms with van der Waals surface area (Å²) in [7, 11) is 0. The van der Waals surface area contributed by atoms with Crippen LogP contribution in [-0.4, -0.2) is 17.0 Å². The second-order valence-corrected chi connectivity index (χ2v) is 7.54. The highest BCUT2D eigenvalue weighted by molar-refractivity contribution is 7.14. The molecule has 1 aromatic heterocycles. The van der Waals surface area contributed by atoms with Crippen LogP contribution in [0.25, 0.3) is 10.4 Å². The Morgan fingerprint density at radius 3 is 2.48 bits per heavy atom. The Balaban J connectivity index is 1.81. The van der Waals surface area contributed by atoms with Crippen molar-refractivity contribution >= 4 is 52.1 Å². The van der Waals surface area contributed by atoms with Crippen molar-refractivity contribution in [1.29, 1.82) is 0 Å². The first kappa shape index (κ1) is 19.4. The number of nitrogens with one attached hydrogen (secondary N) is 1. The van der Waals surface area contributed by atoms with Crippen LogP contribution >= 0.6 is 34.5 Å². The summed E-state index contributed by atoms with van der Waals surface area (Å²) in [6.07, 6.45) is 0.838. The summed E-state index contributed by atoms with van der Waals surface area (Å²) in [5, 5.41) is 14.8. The summed E-state index contributed by atoms with van der Waals surface area (Å²) >= 11 is 13.3. The van der Waals surface area contributed by atoms with Crippen LogP contribution in [0.3, 0.4) is 0 Å². The maximum absolute atomic E-state index is 12.3. The van der Waals surface area contributed by atoms with Gasteiger partial charge < -0.3 is 10.4 Å². The summed E-state index contributed by atoms with van der Waals surface area (Å²) in [5.41, 5.74) is 1.90. The topological polar surface area (TPSA) is 66.4 Å². The van der Waals surface area contributed by atoms with Crippen molar-refractivity contribution in [1.82, 2.24) is 0 Å². The highest BCUT2D eigenvalue weighted by atomic mass is 35.5. The van der Waals surface area contributed by atoms with Gasteiger partial charge in [-0.3, -0.25) is 4.79 Å². The molecule has 3 rings (SSSR count). The third kappa shape index (κ3) is 4.69. The number of halogens is 2. The molecule has 2 N–H and O–H groups in total. The Kier molecular flexibility index (Phi) is 6.16. The molecule has 0 atom stereocenters. The van der Waals surface area contributed by atoms with Gasteiger partial charge in [0.15, 0.2) is 0 Å². The van der Waals surface area contributed by atoms with Gasteiger partial charge in [0.2, 0.25) is 5.91 Å². The van der Waals surface area contributed by atoms with Crippen LogP contribution in [0, 0.1) is 0 Å². The maximum Gasteiger partial charge on any atom is 0.339 e. The van der Waals surface area contributed by atoms with Crippen LogP contribution in [0.5, 0.6) is 0 Å². The number of aromatic carboxylic acids is 1. The molecular formula is C20H15Cl2NO3S. The Hall–Kier alpha value is -2.34. The van der Waals surface area contributed by atoms with E-state index in [1.807, 2.05) is 30.3 Å². The van der Waals surface area contributed by atoms with E-state index < -0.39 is 5.97 Å². The van der Waals surface area contributed by atoms with E-state index in [4.69, 9.17) is 23.2 Å². The van der Waals surface area contributed by atoms with Gasteiger partial charge >= 0.3 is 5.97 Å². The number of carbonyl (C=O) groups is 2. The second kappa shape index (κ2) is 8.57. The number of anilines is 1. The Morgan fingerprint density at radius 2 is 1.81 bits per heavy atom. The maximum atomic E-state index is 12.3. The molecule has 7 heteroatoms. The lowest BCUT2D eigenvalue weighted by Gasteiger charge is -2.07. The summed E-state index contributed by atoms with van der Waals surface area (Å²) in [6.45, 7) is 0. The normalized spacial score (nSPS) is 10.6. The van der Waals surface area contributed by atoms with Gasteiger partial charge in [-0.1, -0.05) is 59.6 Å². The first-order valence-electron chi connectivity index (χ1n) is 8.09. The van der Waals surface area contributed by atoms with E-state index in [9.17, 15) is 14.7 Å². The number of hydrogen-bond donors (Lipinski definition) is 2. The molecule has 0 unspecified atom stereocenters. The van der Waals surface area contributed by atoms with E-state index in [0.717, 1.165) is 5.56 Å². The molecule has 0 radical (unpaired) electrons. The highest BCUT2D eigenvalue weighted by Gasteiger charge is 2.22. The van der Waals surface area contributed by atoms with Gasteiger partial charge in [0.25, 0.3) is 0 Å². The number of thiophene rings is 1.